The van der Waals surface area contributed by atoms with Gasteiger partial charge in [0.05, 0.1) is 28.6 Å². The smallest absolute Gasteiger partial charge is 0.410 e. The van der Waals surface area contributed by atoms with Crippen LogP contribution in [0.3, 0.4) is 0 Å². The van der Waals surface area contributed by atoms with E-state index in [1.807, 2.05) is 4.72 Å². The van der Waals surface area contributed by atoms with E-state index in [-0.39, 0.29) is 21.8 Å². The van der Waals surface area contributed by atoms with Crippen molar-refractivity contribution in [1.29, 1.82) is 0 Å². The van der Waals surface area contributed by atoms with Crippen LogP contribution in [0.4, 0.5) is 9.18 Å². The van der Waals surface area contributed by atoms with Gasteiger partial charge in [-0.25, -0.2) is 22.3 Å². The predicted molar refractivity (Wildman–Crippen MR) is 147 cm³/mol. The third kappa shape index (κ3) is 7.78. The van der Waals surface area contributed by atoms with Crippen molar-refractivity contribution >= 4 is 33.6 Å². The Kier molecular flexibility index (Phi) is 9.14. The number of amides is 2. The van der Waals surface area contributed by atoms with Crippen molar-refractivity contribution in [3.63, 3.8) is 0 Å². The number of carbonyl (C=O) groups excluding carboxylic acids is 2. The SMILES string of the molecule is CC(C)(C)OC(=O)N1CC[C@H](Oc2ccc(S(=O)(=O)NC(=O)c3cc(Cl)c(OCC4CCCC4)cc3F)cc2)C1. The van der Waals surface area contributed by atoms with Crippen LogP contribution >= 0.6 is 11.6 Å². The zero-order valence-electron chi connectivity index (χ0n) is 22.7. The predicted octanol–water partition coefficient (Wildman–Crippen LogP) is 5.56. The number of ether oxygens (including phenoxy) is 3. The molecule has 2 aromatic carbocycles. The van der Waals surface area contributed by atoms with E-state index in [9.17, 15) is 22.4 Å². The van der Waals surface area contributed by atoms with E-state index in [0.29, 0.717) is 37.8 Å². The monoisotopic (exact) mass is 596 g/mol. The van der Waals surface area contributed by atoms with Crippen LogP contribution in [0.25, 0.3) is 0 Å². The second-order valence-electron chi connectivity index (χ2n) is 11.1. The van der Waals surface area contributed by atoms with Gasteiger partial charge in [-0.15, -0.1) is 0 Å². The molecule has 2 amide bonds. The highest BCUT2D eigenvalue weighted by Crippen LogP contribution is 2.31. The fourth-order valence-electron chi connectivity index (χ4n) is 4.64. The fourth-order valence-corrected chi connectivity index (χ4v) is 5.82. The Morgan fingerprint density at radius 3 is 2.42 bits per heavy atom. The van der Waals surface area contributed by atoms with Gasteiger partial charge < -0.3 is 19.1 Å². The van der Waals surface area contributed by atoms with E-state index in [2.05, 4.69) is 0 Å². The Bertz CT molecular complexity index is 1340. The molecule has 0 radical (unpaired) electrons. The van der Waals surface area contributed by atoms with Gasteiger partial charge in [-0.1, -0.05) is 24.4 Å². The molecule has 2 aromatic rings. The summed E-state index contributed by atoms with van der Waals surface area (Å²) in [6.45, 7) is 6.60. The van der Waals surface area contributed by atoms with Crippen LogP contribution in [0, 0.1) is 11.7 Å². The molecule has 2 aliphatic rings. The standard InChI is InChI=1S/C28H34ClFN2O7S/c1-28(2,3)39-27(34)32-13-12-20(16-32)38-19-8-10-21(11-9-19)40(35,36)31-26(33)22-14-23(29)25(15-24(22)30)37-17-18-6-4-5-7-18/h8-11,14-15,18,20H,4-7,12-13,16-17H2,1-3H3,(H,31,33)/t20-/m0/s1. The Labute approximate surface area is 239 Å². The lowest BCUT2D eigenvalue weighted by Gasteiger charge is -2.24. The molecule has 40 heavy (non-hydrogen) atoms. The molecule has 1 heterocycles. The molecule has 2 fully saturated rings. The molecule has 1 saturated heterocycles. The fraction of sp³-hybridized carbons (Fsp3) is 0.500. The minimum absolute atomic E-state index is 0.0144. The summed E-state index contributed by atoms with van der Waals surface area (Å²) in [5.74, 6) is -1.21. The topological polar surface area (TPSA) is 111 Å². The van der Waals surface area contributed by atoms with Gasteiger partial charge in [-0.3, -0.25) is 4.79 Å². The second kappa shape index (κ2) is 12.2. The van der Waals surface area contributed by atoms with Crippen LogP contribution in [0.5, 0.6) is 11.5 Å². The van der Waals surface area contributed by atoms with Crippen LogP contribution in [0.1, 0.15) is 63.2 Å². The largest absolute Gasteiger partial charge is 0.492 e. The molecule has 0 aromatic heterocycles. The molecule has 0 bridgehead atoms. The molecule has 9 nitrogen and oxygen atoms in total. The number of hydrogen-bond acceptors (Lipinski definition) is 7. The molecule has 0 spiro atoms. The number of benzene rings is 2. The first kappa shape index (κ1) is 29.9. The number of nitrogens with zero attached hydrogens (tertiary/aromatic N) is 1. The maximum absolute atomic E-state index is 14.7. The Morgan fingerprint density at radius 2 is 1.77 bits per heavy atom. The van der Waals surface area contributed by atoms with E-state index in [4.69, 9.17) is 25.8 Å². The summed E-state index contributed by atoms with van der Waals surface area (Å²) < 4.78 is 59.1. The summed E-state index contributed by atoms with van der Waals surface area (Å²) in [4.78, 5) is 26.3. The van der Waals surface area contributed by atoms with E-state index in [0.717, 1.165) is 37.8 Å². The van der Waals surface area contributed by atoms with E-state index < -0.39 is 39.0 Å². The summed E-state index contributed by atoms with van der Waals surface area (Å²) in [5, 5.41) is 0.0144. The van der Waals surface area contributed by atoms with Gasteiger partial charge in [0.15, 0.2) is 0 Å². The third-order valence-electron chi connectivity index (χ3n) is 6.68. The summed E-state index contributed by atoms with van der Waals surface area (Å²) in [5.41, 5.74) is -1.12. The van der Waals surface area contributed by atoms with Crippen molar-refractivity contribution in [1.82, 2.24) is 9.62 Å². The second-order valence-corrected chi connectivity index (χ2v) is 13.2. The highest BCUT2D eigenvalue weighted by atomic mass is 35.5. The molecule has 1 N–H and O–H groups in total. The van der Waals surface area contributed by atoms with Gasteiger partial charge in [0.2, 0.25) is 0 Å². The van der Waals surface area contributed by atoms with Crippen LogP contribution in [-0.2, 0) is 14.8 Å². The van der Waals surface area contributed by atoms with Crippen molar-refractivity contribution in [2.75, 3.05) is 19.7 Å². The van der Waals surface area contributed by atoms with E-state index in [1.165, 1.54) is 24.3 Å². The molecule has 12 heteroatoms. The summed E-state index contributed by atoms with van der Waals surface area (Å²) in [7, 11) is -4.32. The first-order valence-corrected chi connectivity index (χ1v) is 15.1. The van der Waals surface area contributed by atoms with Crippen LogP contribution in [-0.4, -0.2) is 56.7 Å². The van der Waals surface area contributed by atoms with Crippen molar-refractivity contribution in [2.24, 2.45) is 5.92 Å². The van der Waals surface area contributed by atoms with Crippen molar-refractivity contribution in [2.45, 2.75) is 69.5 Å². The highest BCUT2D eigenvalue weighted by Gasteiger charge is 2.31. The molecule has 1 aliphatic carbocycles. The minimum atomic E-state index is -4.32. The zero-order valence-corrected chi connectivity index (χ0v) is 24.3. The van der Waals surface area contributed by atoms with Crippen molar-refractivity contribution in [3.05, 3.63) is 52.8 Å². The molecular formula is C28H34ClFN2O7S. The molecule has 4 rings (SSSR count). The van der Waals surface area contributed by atoms with Gasteiger partial charge in [0.1, 0.15) is 29.0 Å². The molecule has 1 saturated carbocycles. The normalized spacial score (nSPS) is 18.0. The zero-order chi connectivity index (χ0) is 29.1. The number of carbonyl (C=O) groups is 2. The lowest BCUT2D eigenvalue weighted by Crippen LogP contribution is -2.36. The number of hydrogen-bond donors (Lipinski definition) is 1. The molecule has 1 atom stereocenters. The van der Waals surface area contributed by atoms with E-state index >= 15 is 0 Å². The third-order valence-corrected chi connectivity index (χ3v) is 8.32. The number of likely N-dealkylation sites (tertiary alicyclic amines) is 1. The number of nitrogens with one attached hydrogen (secondary N) is 1. The average molecular weight is 597 g/mol. The first-order valence-electron chi connectivity index (χ1n) is 13.2. The lowest BCUT2D eigenvalue weighted by molar-refractivity contribution is 0.0275. The minimum Gasteiger partial charge on any atom is -0.492 e. The summed E-state index contributed by atoms with van der Waals surface area (Å²) in [6, 6.07) is 7.50. The summed E-state index contributed by atoms with van der Waals surface area (Å²) in [6.07, 6.45) is 4.24. The first-order chi connectivity index (χ1) is 18.8. The van der Waals surface area contributed by atoms with Gasteiger partial charge in [0, 0.05) is 19.0 Å². The Balaban J connectivity index is 1.34. The van der Waals surface area contributed by atoms with Crippen LogP contribution in [0.15, 0.2) is 41.3 Å². The van der Waals surface area contributed by atoms with Crippen LogP contribution in [0.2, 0.25) is 5.02 Å². The molecule has 218 valence electrons. The van der Waals surface area contributed by atoms with Crippen molar-refractivity contribution in [3.8, 4) is 11.5 Å². The molecular weight excluding hydrogens is 563 g/mol. The van der Waals surface area contributed by atoms with Gasteiger partial charge >= 0.3 is 6.09 Å². The molecule has 1 aliphatic heterocycles. The summed E-state index contributed by atoms with van der Waals surface area (Å²) >= 11 is 6.20. The Morgan fingerprint density at radius 1 is 1.10 bits per heavy atom. The van der Waals surface area contributed by atoms with Crippen molar-refractivity contribution < 1.29 is 36.6 Å². The van der Waals surface area contributed by atoms with E-state index in [1.54, 1.807) is 25.7 Å². The lowest BCUT2D eigenvalue weighted by atomic mass is 10.1. The number of rotatable bonds is 8. The van der Waals surface area contributed by atoms with Crippen LogP contribution < -0.4 is 14.2 Å². The quantitative estimate of drug-likeness (QED) is 0.425. The number of sulfonamides is 1. The van der Waals surface area contributed by atoms with Gasteiger partial charge in [-0.2, -0.15) is 0 Å². The number of halogens is 2. The Hall–Kier alpha value is -3.05. The molecule has 0 unspecified atom stereocenters. The van der Waals surface area contributed by atoms with Gasteiger partial charge in [-0.05, 0) is 69.9 Å². The van der Waals surface area contributed by atoms with Gasteiger partial charge in [0.25, 0.3) is 15.9 Å². The maximum Gasteiger partial charge on any atom is 0.410 e. The maximum atomic E-state index is 14.7. The average Bonchev–Trinajstić information content (AvgIpc) is 3.56. The highest BCUT2D eigenvalue weighted by molar-refractivity contribution is 7.90.